The van der Waals surface area contributed by atoms with Gasteiger partial charge in [0.25, 0.3) is 0 Å². The molecular formula is C18H20N2O3. The predicted octanol–water partition coefficient (Wildman–Crippen LogP) is 3.14. The number of nitrogens with zero attached hydrogens (tertiary/aromatic N) is 2. The van der Waals surface area contributed by atoms with E-state index in [1.54, 1.807) is 17.5 Å². The van der Waals surface area contributed by atoms with Crippen LogP contribution in [-0.2, 0) is 14.4 Å². The van der Waals surface area contributed by atoms with Crippen LogP contribution in [0.4, 0.5) is 5.69 Å². The summed E-state index contributed by atoms with van der Waals surface area (Å²) in [4.78, 5) is 22.7. The van der Waals surface area contributed by atoms with Gasteiger partial charge < -0.3 is 4.74 Å². The minimum atomic E-state index is -0.403. The van der Waals surface area contributed by atoms with E-state index in [9.17, 15) is 4.79 Å². The summed E-state index contributed by atoms with van der Waals surface area (Å²) in [6.45, 7) is 4.06. The van der Waals surface area contributed by atoms with Crippen molar-refractivity contribution in [3.8, 4) is 0 Å². The summed E-state index contributed by atoms with van der Waals surface area (Å²) < 4.78 is 5.27. The van der Waals surface area contributed by atoms with E-state index < -0.39 is 5.92 Å². The molecule has 120 valence electrons. The fourth-order valence-corrected chi connectivity index (χ4v) is 2.96. The summed E-state index contributed by atoms with van der Waals surface area (Å²) in [5.74, 6) is -0.647. The van der Waals surface area contributed by atoms with Crippen LogP contribution in [0.3, 0.4) is 0 Å². The Balaban J connectivity index is 2.01. The lowest BCUT2D eigenvalue weighted by molar-refractivity contribution is -0.149. The quantitative estimate of drug-likeness (QED) is 0.812. The van der Waals surface area contributed by atoms with Crippen molar-refractivity contribution in [1.29, 1.82) is 0 Å². The van der Waals surface area contributed by atoms with E-state index in [2.05, 4.69) is 4.98 Å². The van der Waals surface area contributed by atoms with E-state index in [-0.39, 0.29) is 18.1 Å². The summed E-state index contributed by atoms with van der Waals surface area (Å²) in [6, 6.07) is 13.3. The van der Waals surface area contributed by atoms with E-state index in [0.717, 1.165) is 11.3 Å². The van der Waals surface area contributed by atoms with Gasteiger partial charge in [-0.3, -0.25) is 14.6 Å². The first-order chi connectivity index (χ1) is 11.2. The van der Waals surface area contributed by atoms with Crippen LogP contribution in [0, 0.1) is 5.92 Å². The number of pyridine rings is 1. The Morgan fingerprint density at radius 1 is 1.26 bits per heavy atom. The molecule has 5 heteroatoms. The fraction of sp³-hybridized carbons (Fsp3) is 0.333. The molecule has 0 radical (unpaired) electrons. The molecule has 0 aliphatic carbocycles. The van der Waals surface area contributed by atoms with Crippen LogP contribution in [0.25, 0.3) is 0 Å². The van der Waals surface area contributed by atoms with E-state index in [0.29, 0.717) is 6.61 Å². The molecule has 3 rings (SSSR count). The van der Waals surface area contributed by atoms with Crippen LogP contribution in [0.15, 0.2) is 54.9 Å². The highest BCUT2D eigenvalue weighted by Crippen LogP contribution is 2.42. The number of hydrogen-bond acceptors (Lipinski definition) is 5. The second-order valence-electron chi connectivity index (χ2n) is 5.48. The van der Waals surface area contributed by atoms with Crippen LogP contribution < -0.4 is 5.06 Å². The van der Waals surface area contributed by atoms with Crippen LogP contribution in [-0.4, -0.2) is 23.7 Å². The fourth-order valence-electron chi connectivity index (χ4n) is 2.96. The van der Waals surface area contributed by atoms with Gasteiger partial charge in [-0.15, -0.1) is 0 Å². The van der Waals surface area contributed by atoms with Gasteiger partial charge in [-0.25, -0.2) is 5.06 Å². The van der Waals surface area contributed by atoms with Gasteiger partial charge in [0.05, 0.1) is 24.4 Å². The van der Waals surface area contributed by atoms with Gasteiger partial charge in [-0.05, 0) is 37.6 Å². The zero-order valence-corrected chi connectivity index (χ0v) is 13.3. The SMILES string of the molecule is CCOC(=O)[C@@H]1[C@@H](C)ON(c2ccccc2)[C@H]1c1cccnc1. The van der Waals surface area contributed by atoms with Crippen molar-refractivity contribution in [2.45, 2.75) is 26.0 Å². The van der Waals surface area contributed by atoms with Gasteiger partial charge in [0, 0.05) is 12.4 Å². The van der Waals surface area contributed by atoms with Gasteiger partial charge in [0.2, 0.25) is 0 Å². The number of rotatable bonds is 4. The smallest absolute Gasteiger partial charge is 0.314 e. The number of benzene rings is 1. The summed E-state index contributed by atoms with van der Waals surface area (Å²) in [7, 11) is 0. The largest absolute Gasteiger partial charge is 0.466 e. The van der Waals surface area contributed by atoms with Crippen LogP contribution in [0.1, 0.15) is 25.5 Å². The number of hydroxylamine groups is 1. The van der Waals surface area contributed by atoms with Crippen molar-refractivity contribution in [3.63, 3.8) is 0 Å². The lowest BCUT2D eigenvalue weighted by Crippen LogP contribution is -2.30. The Morgan fingerprint density at radius 2 is 2.04 bits per heavy atom. The van der Waals surface area contributed by atoms with E-state index in [1.165, 1.54) is 0 Å². The molecule has 3 atom stereocenters. The number of carbonyl (C=O) groups is 1. The highest BCUT2D eigenvalue weighted by molar-refractivity contribution is 5.76. The zero-order chi connectivity index (χ0) is 16.2. The number of anilines is 1. The predicted molar refractivity (Wildman–Crippen MR) is 86.6 cm³/mol. The van der Waals surface area contributed by atoms with Crippen molar-refractivity contribution in [3.05, 3.63) is 60.4 Å². The van der Waals surface area contributed by atoms with Crippen LogP contribution in [0.2, 0.25) is 0 Å². The molecule has 2 aromatic rings. The number of carbonyl (C=O) groups excluding carboxylic acids is 1. The third kappa shape index (κ3) is 3.05. The van der Waals surface area contributed by atoms with Crippen molar-refractivity contribution < 1.29 is 14.4 Å². The lowest BCUT2D eigenvalue weighted by atomic mass is 9.90. The Morgan fingerprint density at radius 3 is 2.70 bits per heavy atom. The number of aromatic nitrogens is 1. The number of esters is 1. The highest BCUT2D eigenvalue weighted by atomic mass is 16.7. The van der Waals surface area contributed by atoms with Gasteiger partial charge in [-0.1, -0.05) is 24.3 Å². The molecule has 1 aromatic carbocycles. The van der Waals surface area contributed by atoms with Gasteiger partial charge in [0.1, 0.15) is 5.92 Å². The molecule has 1 aliphatic heterocycles. The summed E-state index contributed by atoms with van der Waals surface area (Å²) >= 11 is 0. The summed E-state index contributed by atoms with van der Waals surface area (Å²) in [5.41, 5.74) is 1.83. The molecule has 0 bridgehead atoms. The molecule has 0 saturated carbocycles. The normalized spacial score (nSPS) is 23.7. The first-order valence-electron chi connectivity index (χ1n) is 7.80. The molecule has 2 heterocycles. The van der Waals surface area contributed by atoms with Gasteiger partial charge in [-0.2, -0.15) is 0 Å². The lowest BCUT2D eigenvalue weighted by Gasteiger charge is -2.26. The molecule has 23 heavy (non-hydrogen) atoms. The number of hydrogen-bond donors (Lipinski definition) is 0. The second-order valence-corrected chi connectivity index (χ2v) is 5.48. The third-order valence-corrected chi connectivity index (χ3v) is 3.97. The molecule has 0 unspecified atom stereocenters. The van der Waals surface area contributed by atoms with Gasteiger partial charge >= 0.3 is 5.97 Å². The van der Waals surface area contributed by atoms with Crippen molar-refractivity contribution in [1.82, 2.24) is 4.98 Å². The Hall–Kier alpha value is -2.40. The van der Waals surface area contributed by atoms with E-state index >= 15 is 0 Å². The molecule has 1 aromatic heterocycles. The van der Waals surface area contributed by atoms with E-state index in [1.807, 2.05) is 56.3 Å². The molecule has 1 aliphatic rings. The van der Waals surface area contributed by atoms with Crippen LogP contribution >= 0.6 is 0 Å². The molecule has 1 fully saturated rings. The van der Waals surface area contributed by atoms with Crippen molar-refractivity contribution >= 4 is 11.7 Å². The van der Waals surface area contributed by atoms with Crippen molar-refractivity contribution in [2.75, 3.05) is 11.7 Å². The molecule has 5 nitrogen and oxygen atoms in total. The monoisotopic (exact) mass is 312 g/mol. The van der Waals surface area contributed by atoms with Gasteiger partial charge in [0.15, 0.2) is 0 Å². The Labute approximate surface area is 135 Å². The summed E-state index contributed by atoms with van der Waals surface area (Å²) in [6.07, 6.45) is 3.21. The number of para-hydroxylation sites is 1. The maximum atomic E-state index is 12.5. The summed E-state index contributed by atoms with van der Waals surface area (Å²) in [5, 5.41) is 1.79. The Kier molecular flexibility index (Phi) is 4.57. The molecular weight excluding hydrogens is 292 g/mol. The average Bonchev–Trinajstić information content (AvgIpc) is 2.94. The zero-order valence-electron chi connectivity index (χ0n) is 13.3. The third-order valence-electron chi connectivity index (χ3n) is 3.97. The topological polar surface area (TPSA) is 51.7 Å². The molecule has 0 N–H and O–H groups in total. The molecule has 0 amide bonds. The highest BCUT2D eigenvalue weighted by Gasteiger charge is 2.47. The van der Waals surface area contributed by atoms with Crippen LogP contribution in [0.5, 0.6) is 0 Å². The first kappa shape index (κ1) is 15.5. The maximum absolute atomic E-state index is 12.5. The minimum Gasteiger partial charge on any atom is -0.466 e. The van der Waals surface area contributed by atoms with Crippen molar-refractivity contribution in [2.24, 2.45) is 5.92 Å². The second kappa shape index (κ2) is 6.79. The molecule has 1 saturated heterocycles. The Bertz CT molecular complexity index is 648. The first-order valence-corrected chi connectivity index (χ1v) is 7.80. The average molecular weight is 312 g/mol. The standard InChI is InChI=1S/C18H20N2O3/c1-3-22-18(21)16-13(2)23-20(15-9-5-4-6-10-15)17(16)14-8-7-11-19-12-14/h4-13,16-17H,3H2,1-2H3/t13-,16-,17+/m1/s1. The number of ether oxygens (including phenoxy) is 1. The minimum absolute atomic E-state index is 0.243. The van der Waals surface area contributed by atoms with E-state index in [4.69, 9.17) is 9.57 Å². The maximum Gasteiger partial charge on any atom is 0.314 e. The molecule has 0 spiro atoms.